The first-order valence-corrected chi connectivity index (χ1v) is 0. The average molecular weight is 516 g/mol. The molecule has 0 unspecified atom stereocenters. The molecule has 0 saturated heterocycles. The van der Waals surface area contributed by atoms with Crippen molar-refractivity contribution in [1.82, 2.24) is 0 Å². The van der Waals surface area contributed by atoms with Gasteiger partial charge in [-0.1, -0.05) is 0 Å². The summed E-state index contributed by atoms with van der Waals surface area (Å²) in [6.45, 7) is 0. The van der Waals surface area contributed by atoms with Crippen LogP contribution in [0.3, 0.4) is 0 Å². The molecule has 0 aliphatic rings. The maximum atomic E-state index is 0. The Balaban J connectivity index is 0. The fourth-order valence-corrected chi connectivity index (χ4v) is 0. The quantitative estimate of drug-likeness (QED) is 0.285. The summed E-state index contributed by atoms with van der Waals surface area (Å²) in [5, 5.41) is 0. The minimum atomic E-state index is 0. The third kappa shape index (κ3) is 52.1. The molecule has 0 rings (SSSR count). The Morgan fingerprint density at radius 1 is 0.222 bits per heavy atom. The Morgan fingerprint density at radius 3 is 0.222 bits per heavy atom. The van der Waals surface area contributed by atoms with Gasteiger partial charge in [0.25, 0.3) is 0 Å². The van der Waals surface area contributed by atoms with E-state index in [0.717, 1.165) is 0 Å². The number of hydrogen-bond acceptors (Lipinski definition) is 0. The molecule has 0 bridgehead atoms. The molecule has 39 valence electrons. The second-order valence-electron chi connectivity index (χ2n) is 0. The topological polar surface area (TPSA) is 0 Å². The summed E-state index contributed by atoms with van der Waals surface area (Å²) < 4.78 is 0. The predicted octanol–water partition coefficient (Wildman–Crippen LogP) is -4.75. The van der Waals surface area contributed by atoms with E-state index < -0.39 is 0 Å². The molecule has 0 atom stereocenters. The van der Waals surface area contributed by atoms with Crippen LogP contribution in [0.4, 0.5) is 0 Å². The molecule has 0 N–H and O–H groups in total. The molecule has 0 aromatic rings. The summed E-state index contributed by atoms with van der Waals surface area (Å²) in [4.78, 5) is 0. The van der Waals surface area contributed by atoms with Crippen molar-refractivity contribution in [3.8, 4) is 0 Å². The van der Waals surface area contributed by atoms with Gasteiger partial charge in [0.2, 0.25) is 0 Å². The van der Waals surface area contributed by atoms with E-state index in [4.69, 9.17) is 0 Å². The smallest absolute Gasteiger partial charge is 0 e. The van der Waals surface area contributed by atoms with Crippen LogP contribution < -0.4 is 0 Å². The Hall–Kier alpha value is 6.90. The molecular weight excluding hydrogens is 504 g/mol. The zero-order valence-electron chi connectivity index (χ0n) is 2.89. The molecular formula is H12Ga4Sc5. The molecule has 0 heterocycles. The summed E-state index contributed by atoms with van der Waals surface area (Å²) in [6.07, 6.45) is 0. The molecule has 0 aromatic carbocycles. The average Bonchev–Trinajstić information content (AvgIpc) is 0. The first-order chi connectivity index (χ1) is 0. The second-order valence-corrected chi connectivity index (χ2v) is 0. The zero-order valence-corrected chi connectivity index (χ0v) is 11.9. The SMILES string of the molecule is [GaH3].[GaH3].[GaH3].[GaH3].[Sc].[Sc].[Sc].[Sc].[Sc]. The maximum absolute atomic E-state index is 0. The van der Waals surface area contributed by atoms with Crippen LogP contribution >= 0.6 is 0 Å². The van der Waals surface area contributed by atoms with Crippen molar-refractivity contribution in [3.63, 3.8) is 0 Å². The molecule has 9 heteroatoms. The van der Waals surface area contributed by atoms with E-state index in [9.17, 15) is 0 Å². The van der Waals surface area contributed by atoms with Gasteiger partial charge in [-0.05, 0) is 0 Å². The van der Waals surface area contributed by atoms with E-state index in [0.29, 0.717) is 0 Å². The summed E-state index contributed by atoms with van der Waals surface area (Å²) in [6, 6.07) is 0. The van der Waals surface area contributed by atoms with E-state index in [2.05, 4.69) is 0 Å². The zero-order chi connectivity index (χ0) is 0. The summed E-state index contributed by atoms with van der Waals surface area (Å²) >= 11 is 0. The van der Waals surface area contributed by atoms with Gasteiger partial charge in [-0.25, -0.2) is 0 Å². The predicted molar refractivity (Wildman–Crippen MR) is 39.8 cm³/mol. The van der Waals surface area contributed by atoms with E-state index in [-0.39, 0.29) is 208 Å². The molecule has 9 heavy (non-hydrogen) atoms. The van der Waals surface area contributed by atoms with Crippen LogP contribution in [-0.2, 0) is 129 Å². The van der Waals surface area contributed by atoms with Crippen molar-refractivity contribution in [2.24, 2.45) is 0 Å². The van der Waals surface area contributed by atoms with Gasteiger partial charge in [-0.15, -0.1) is 0 Å². The molecule has 0 aliphatic heterocycles. The summed E-state index contributed by atoms with van der Waals surface area (Å²) in [5.41, 5.74) is 0. The Morgan fingerprint density at radius 2 is 0.222 bits per heavy atom. The molecule has 0 fully saturated rings. The van der Waals surface area contributed by atoms with Crippen molar-refractivity contribution in [1.29, 1.82) is 0 Å². The number of rotatable bonds is 0. The first-order valence-electron chi connectivity index (χ1n) is 0. The van der Waals surface area contributed by atoms with E-state index in [1.54, 1.807) is 0 Å². The fraction of sp³-hybridized carbons (Fsp3) is 0. The van der Waals surface area contributed by atoms with Crippen LogP contribution in [0, 0.1) is 0 Å². The second kappa shape index (κ2) is 60.5. The van der Waals surface area contributed by atoms with Crippen molar-refractivity contribution in [2.45, 2.75) is 0 Å². The summed E-state index contributed by atoms with van der Waals surface area (Å²) in [5.74, 6) is 0. The molecule has 0 saturated carbocycles. The van der Waals surface area contributed by atoms with Crippen LogP contribution in [0.5, 0.6) is 0 Å². The normalized spacial score (nSPS) is 0. The Kier molecular flexibility index (Phi) is 498. The van der Waals surface area contributed by atoms with Crippen molar-refractivity contribution in [2.75, 3.05) is 0 Å². The van der Waals surface area contributed by atoms with Crippen LogP contribution in [0.25, 0.3) is 0 Å². The minimum absolute atomic E-state index is 0. The van der Waals surface area contributed by atoms with Gasteiger partial charge in [-0.3, -0.25) is 0 Å². The van der Waals surface area contributed by atoms with Crippen molar-refractivity contribution >= 4 is 79.2 Å². The van der Waals surface area contributed by atoms with Gasteiger partial charge in [0.1, 0.15) is 0 Å². The van der Waals surface area contributed by atoms with Crippen LogP contribution in [0.15, 0.2) is 0 Å². The monoisotopic (exact) mass is 513 g/mol. The van der Waals surface area contributed by atoms with E-state index >= 15 is 0 Å². The third-order valence-electron chi connectivity index (χ3n) is 0. The largest absolute Gasteiger partial charge is 0 e. The van der Waals surface area contributed by atoms with Crippen LogP contribution in [-0.4, -0.2) is 79.2 Å². The molecule has 5 radical (unpaired) electrons. The summed E-state index contributed by atoms with van der Waals surface area (Å²) in [7, 11) is 0. The number of hydrogen-bond donors (Lipinski definition) is 0. The van der Waals surface area contributed by atoms with Crippen molar-refractivity contribution in [3.05, 3.63) is 0 Å². The van der Waals surface area contributed by atoms with Gasteiger partial charge in [-0.2, -0.15) is 0 Å². The standard InChI is InChI=1S/4Ga.5Sc.12H. The minimum Gasteiger partial charge on any atom is 0 e. The van der Waals surface area contributed by atoms with Crippen LogP contribution in [0.1, 0.15) is 0 Å². The van der Waals surface area contributed by atoms with E-state index in [1.807, 2.05) is 0 Å². The van der Waals surface area contributed by atoms with Gasteiger partial charge in [0.05, 0.1) is 0 Å². The Bertz CT molecular complexity index is 8.92. The van der Waals surface area contributed by atoms with Gasteiger partial charge >= 0.3 is 79.2 Å². The molecule has 0 spiro atoms. The van der Waals surface area contributed by atoms with Crippen LogP contribution in [0.2, 0.25) is 0 Å². The van der Waals surface area contributed by atoms with Gasteiger partial charge in [0.15, 0.2) is 0 Å². The first kappa shape index (κ1) is 74.2. The van der Waals surface area contributed by atoms with E-state index in [1.165, 1.54) is 0 Å². The van der Waals surface area contributed by atoms with Gasteiger partial charge < -0.3 is 0 Å². The Labute approximate surface area is 203 Å². The molecule has 0 aliphatic carbocycles. The maximum Gasteiger partial charge on any atom is 0 e. The molecule has 0 nitrogen and oxygen atoms in total. The third-order valence-corrected chi connectivity index (χ3v) is 0. The molecule has 0 amide bonds. The van der Waals surface area contributed by atoms with Crippen molar-refractivity contribution < 1.29 is 129 Å². The fourth-order valence-electron chi connectivity index (χ4n) is 0. The molecule has 0 aromatic heterocycles. The van der Waals surface area contributed by atoms with Gasteiger partial charge in [0, 0.05) is 129 Å².